The van der Waals surface area contributed by atoms with Crippen LogP contribution < -0.4 is 9.64 Å². The fourth-order valence-corrected chi connectivity index (χ4v) is 2.49. The maximum absolute atomic E-state index is 9.18. The summed E-state index contributed by atoms with van der Waals surface area (Å²) in [5.41, 5.74) is 0. The number of ether oxygens (including phenoxy) is 1. The van der Waals surface area contributed by atoms with E-state index in [9.17, 15) is 5.11 Å². The molecule has 0 saturated heterocycles. The lowest BCUT2D eigenvalue weighted by Gasteiger charge is -2.29. The summed E-state index contributed by atoms with van der Waals surface area (Å²) >= 11 is 0. The van der Waals surface area contributed by atoms with E-state index in [4.69, 9.17) is 4.74 Å². The molecule has 17 heavy (non-hydrogen) atoms. The van der Waals surface area contributed by atoms with E-state index < -0.39 is 0 Å². The smallest absolute Gasteiger partial charge is 0.214 e. The van der Waals surface area contributed by atoms with E-state index in [-0.39, 0.29) is 6.61 Å². The Bertz CT molecular complexity index is 351. The highest BCUT2D eigenvalue weighted by molar-refractivity contribution is 5.42. The highest BCUT2D eigenvalue weighted by Gasteiger charge is 2.23. The molecule has 4 nitrogen and oxygen atoms in total. The normalized spacial score (nSPS) is 16.1. The highest BCUT2D eigenvalue weighted by Crippen LogP contribution is 2.27. The minimum absolute atomic E-state index is 0.162. The zero-order chi connectivity index (χ0) is 12.1. The molecular weight excluding hydrogens is 216 g/mol. The van der Waals surface area contributed by atoms with Gasteiger partial charge in [0.05, 0.1) is 13.7 Å². The van der Waals surface area contributed by atoms with Gasteiger partial charge < -0.3 is 14.7 Å². The van der Waals surface area contributed by atoms with E-state index in [1.165, 1.54) is 25.7 Å². The van der Waals surface area contributed by atoms with E-state index in [1.807, 2.05) is 18.2 Å². The number of aliphatic hydroxyl groups excluding tert-OH is 1. The molecule has 1 N–H and O–H groups in total. The number of anilines is 1. The average molecular weight is 236 g/mol. The predicted octanol–water partition coefficient (Wildman–Crippen LogP) is 1.83. The lowest BCUT2D eigenvalue weighted by atomic mass is 10.2. The van der Waals surface area contributed by atoms with Crippen molar-refractivity contribution in [3.8, 4) is 5.88 Å². The van der Waals surface area contributed by atoms with Crippen LogP contribution in [0.2, 0.25) is 0 Å². The van der Waals surface area contributed by atoms with Crippen LogP contribution in [0.5, 0.6) is 5.88 Å². The molecule has 1 heterocycles. The number of hydrogen-bond donors (Lipinski definition) is 1. The van der Waals surface area contributed by atoms with Crippen LogP contribution in [0.15, 0.2) is 18.2 Å². The molecule has 0 unspecified atom stereocenters. The Morgan fingerprint density at radius 1 is 1.41 bits per heavy atom. The van der Waals surface area contributed by atoms with Gasteiger partial charge in [0.2, 0.25) is 5.88 Å². The zero-order valence-electron chi connectivity index (χ0n) is 10.3. The monoisotopic (exact) mass is 236 g/mol. The molecule has 1 fully saturated rings. The van der Waals surface area contributed by atoms with Gasteiger partial charge in [0, 0.05) is 18.7 Å². The van der Waals surface area contributed by atoms with Crippen molar-refractivity contribution in [3.63, 3.8) is 0 Å². The van der Waals surface area contributed by atoms with Gasteiger partial charge in [-0.25, -0.2) is 0 Å². The molecular formula is C13H20N2O2. The second-order valence-corrected chi connectivity index (χ2v) is 4.39. The first kappa shape index (κ1) is 12.2. The lowest BCUT2D eigenvalue weighted by molar-refractivity contribution is 0.296. The number of methoxy groups -OCH3 is 1. The van der Waals surface area contributed by atoms with E-state index >= 15 is 0 Å². The third-order valence-corrected chi connectivity index (χ3v) is 3.32. The molecule has 1 saturated carbocycles. The largest absolute Gasteiger partial charge is 0.481 e. The van der Waals surface area contributed by atoms with E-state index in [1.54, 1.807) is 7.11 Å². The number of rotatable bonds is 5. The van der Waals surface area contributed by atoms with Gasteiger partial charge in [-0.3, -0.25) is 0 Å². The minimum atomic E-state index is 0.162. The van der Waals surface area contributed by atoms with Crippen molar-refractivity contribution in [1.29, 1.82) is 0 Å². The van der Waals surface area contributed by atoms with Crippen molar-refractivity contribution < 1.29 is 9.84 Å². The molecule has 0 aromatic carbocycles. The molecule has 0 bridgehead atoms. The Kier molecular flexibility index (Phi) is 4.20. The first-order valence-corrected chi connectivity index (χ1v) is 6.23. The van der Waals surface area contributed by atoms with Gasteiger partial charge in [0.15, 0.2) is 0 Å². The Labute approximate surface area is 102 Å². The van der Waals surface area contributed by atoms with Crippen molar-refractivity contribution in [2.24, 2.45) is 0 Å². The maximum atomic E-state index is 9.18. The summed E-state index contributed by atoms with van der Waals surface area (Å²) in [5.74, 6) is 1.54. The molecule has 0 spiro atoms. The number of hydrogen-bond acceptors (Lipinski definition) is 4. The van der Waals surface area contributed by atoms with E-state index in [0.29, 0.717) is 18.5 Å². The standard InChI is InChI=1S/C13H20N2O2/c1-17-13-8-4-7-12(14-13)15(9-10-16)11-5-2-3-6-11/h4,7-8,11,16H,2-3,5-6,9-10H2,1H3. The molecule has 4 heteroatoms. The molecule has 0 amide bonds. The first-order chi connectivity index (χ1) is 8.35. The van der Waals surface area contributed by atoms with Crippen molar-refractivity contribution in [2.45, 2.75) is 31.7 Å². The van der Waals surface area contributed by atoms with Crippen LogP contribution in [-0.2, 0) is 0 Å². The summed E-state index contributed by atoms with van der Waals surface area (Å²) in [7, 11) is 1.62. The molecule has 1 aromatic rings. The lowest BCUT2D eigenvalue weighted by Crippen LogP contribution is -2.36. The maximum Gasteiger partial charge on any atom is 0.214 e. The summed E-state index contributed by atoms with van der Waals surface area (Å²) < 4.78 is 5.15. The summed E-state index contributed by atoms with van der Waals surface area (Å²) in [6.07, 6.45) is 4.94. The molecule has 1 aromatic heterocycles. The Balaban J connectivity index is 2.18. The zero-order valence-corrected chi connectivity index (χ0v) is 10.3. The van der Waals surface area contributed by atoms with Gasteiger partial charge in [-0.15, -0.1) is 0 Å². The highest BCUT2D eigenvalue weighted by atomic mass is 16.5. The van der Waals surface area contributed by atoms with Crippen LogP contribution in [0.1, 0.15) is 25.7 Å². The topological polar surface area (TPSA) is 45.6 Å². The average Bonchev–Trinajstić information content (AvgIpc) is 2.89. The molecule has 2 rings (SSSR count). The van der Waals surface area contributed by atoms with Gasteiger partial charge in [-0.2, -0.15) is 4.98 Å². The molecule has 1 aliphatic carbocycles. The molecule has 0 atom stereocenters. The minimum Gasteiger partial charge on any atom is -0.481 e. The van der Waals surface area contributed by atoms with Gasteiger partial charge in [-0.05, 0) is 18.9 Å². The molecule has 0 aliphatic heterocycles. The van der Waals surface area contributed by atoms with Crippen LogP contribution in [0, 0.1) is 0 Å². The number of aromatic nitrogens is 1. The van der Waals surface area contributed by atoms with Crippen molar-refractivity contribution >= 4 is 5.82 Å². The number of nitrogens with zero attached hydrogens (tertiary/aromatic N) is 2. The van der Waals surface area contributed by atoms with E-state index in [2.05, 4.69) is 9.88 Å². The van der Waals surface area contributed by atoms with Crippen LogP contribution >= 0.6 is 0 Å². The van der Waals surface area contributed by atoms with Crippen LogP contribution in [-0.4, -0.2) is 36.4 Å². The molecule has 1 aliphatic rings. The SMILES string of the molecule is COc1cccc(N(CCO)C2CCCC2)n1. The second-order valence-electron chi connectivity index (χ2n) is 4.39. The van der Waals surface area contributed by atoms with Gasteiger partial charge in [-0.1, -0.05) is 18.9 Å². The van der Waals surface area contributed by atoms with Crippen molar-refractivity contribution in [3.05, 3.63) is 18.2 Å². The van der Waals surface area contributed by atoms with Crippen LogP contribution in [0.4, 0.5) is 5.82 Å². The molecule has 0 radical (unpaired) electrons. The third-order valence-electron chi connectivity index (χ3n) is 3.32. The summed E-state index contributed by atoms with van der Waals surface area (Å²) in [6.45, 7) is 0.806. The quantitative estimate of drug-likeness (QED) is 0.847. The van der Waals surface area contributed by atoms with Crippen LogP contribution in [0.3, 0.4) is 0 Å². The van der Waals surface area contributed by atoms with E-state index in [0.717, 1.165) is 5.82 Å². The van der Waals surface area contributed by atoms with Gasteiger partial charge >= 0.3 is 0 Å². The van der Waals surface area contributed by atoms with Crippen molar-refractivity contribution in [2.75, 3.05) is 25.2 Å². The third kappa shape index (κ3) is 2.88. The first-order valence-electron chi connectivity index (χ1n) is 6.23. The summed E-state index contributed by atoms with van der Waals surface area (Å²) in [4.78, 5) is 6.65. The van der Waals surface area contributed by atoms with Gasteiger partial charge in [0.25, 0.3) is 0 Å². The second kappa shape index (κ2) is 5.87. The number of aliphatic hydroxyl groups is 1. The Morgan fingerprint density at radius 2 is 2.18 bits per heavy atom. The Hall–Kier alpha value is -1.29. The fourth-order valence-electron chi connectivity index (χ4n) is 2.49. The summed E-state index contributed by atoms with van der Waals surface area (Å²) in [5, 5.41) is 9.18. The van der Waals surface area contributed by atoms with Crippen molar-refractivity contribution in [1.82, 2.24) is 4.98 Å². The molecule has 94 valence electrons. The Morgan fingerprint density at radius 3 is 2.82 bits per heavy atom. The van der Waals surface area contributed by atoms with Crippen LogP contribution in [0.25, 0.3) is 0 Å². The number of pyridine rings is 1. The summed E-state index contributed by atoms with van der Waals surface area (Å²) in [6, 6.07) is 6.29. The van der Waals surface area contributed by atoms with Gasteiger partial charge in [0.1, 0.15) is 5.82 Å². The fraction of sp³-hybridized carbons (Fsp3) is 0.615. The predicted molar refractivity (Wildman–Crippen MR) is 67.5 cm³/mol.